The molecule has 0 amide bonds. The fraction of sp³-hybridized carbons (Fsp3) is 0.0606. The Morgan fingerprint density at radius 3 is 1.95 bits per heavy atom. The second-order valence-electron chi connectivity index (χ2n) is 8.99. The molecule has 0 saturated carbocycles. The second-order valence-corrected chi connectivity index (χ2v) is 8.99. The lowest BCUT2D eigenvalue weighted by molar-refractivity contribution is 0.827. The Hall–Kier alpha value is -4.83. The monoisotopic (exact) mass is 480 g/mol. The van der Waals surface area contributed by atoms with E-state index in [2.05, 4.69) is 112 Å². The molecule has 7 rings (SSSR count). The zero-order chi connectivity index (χ0) is 25.0. The number of nitrogens with one attached hydrogen (secondary N) is 2. The standard InChI is InChI=1S/C19H15N3.C14H13N/c1-2-6-15(7-3-1)22-20-13-14-10-11-19-17(12-14)16-8-4-5-9-18(16)21-19;1-2-15-13-9-5-3-7-11(13)12-8-4-6-10-14(12)15/h1-13,21-22H;3-10H,2H2,1H3. The zero-order valence-corrected chi connectivity index (χ0v) is 20.7. The van der Waals surface area contributed by atoms with E-state index in [1.54, 1.807) is 0 Å². The molecule has 0 saturated heterocycles. The average Bonchev–Trinajstić information content (AvgIpc) is 3.49. The fourth-order valence-corrected chi connectivity index (χ4v) is 4.98. The van der Waals surface area contributed by atoms with Crippen LogP contribution in [0, 0.1) is 0 Å². The van der Waals surface area contributed by atoms with E-state index in [1.807, 2.05) is 42.6 Å². The van der Waals surface area contributed by atoms with Crippen LogP contribution in [-0.4, -0.2) is 15.8 Å². The van der Waals surface area contributed by atoms with Gasteiger partial charge in [0, 0.05) is 50.2 Å². The third kappa shape index (κ3) is 4.45. The number of para-hydroxylation sites is 4. The van der Waals surface area contributed by atoms with Crippen molar-refractivity contribution in [2.75, 3.05) is 5.43 Å². The van der Waals surface area contributed by atoms with Gasteiger partial charge in [0.25, 0.3) is 0 Å². The number of rotatable bonds is 4. The second kappa shape index (κ2) is 10.0. The molecule has 0 bridgehead atoms. The Morgan fingerprint density at radius 1 is 0.649 bits per heavy atom. The van der Waals surface area contributed by atoms with Crippen molar-refractivity contribution in [3.05, 3.63) is 127 Å². The van der Waals surface area contributed by atoms with Gasteiger partial charge in [0.2, 0.25) is 0 Å². The van der Waals surface area contributed by atoms with Gasteiger partial charge in [-0.2, -0.15) is 5.10 Å². The summed E-state index contributed by atoms with van der Waals surface area (Å²) in [6, 6.07) is 41.8. The van der Waals surface area contributed by atoms with Gasteiger partial charge in [0.1, 0.15) is 0 Å². The molecule has 0 aliphatic carbocycles. The molecule has 4 nitrogen and oxygen atoms in total. The molecule has 0 atom stereocenters. The van der Waals surface area contributed by atoms with Gasteiger partial charge in [0.15, 0.2) is 0 Å². The number of benzene rings is 5. The van der Waals surface area contributed by atoms with Crippen molar-refractivity contribution in [3.8, 4) is 0 Å². The highest BCUT2D eigenvalue weighted by Gasteiger charge is 2.07. The van der Waals surface area contributed by atoms with E-state index in [9.17, 15) is 0 Å². The van der Waals surface area contributed by atoms with Gasteiger partial charge in [-0.1, -0.05) is 78.9 Å². The van der Waals surface area contributed by atoms with Crippen LogP contribution in [-0.2, 0) is 6.54 Å². The lowest BCUT2D eigenvalue weighted by Gasteiger charge is -2.01. The first-order valence-electron chi connectivity index (χ1n) is 12.6. The van der Waals surface area contributed by atoms with Crippen molar-refractivity contribution >= 4 is 55.5 Å². The maximum absolute atomic E-state index is 4.30. The van der Waals surface area contributed by atoms with Gasteiger partial charge < -0.3 is 9.55 Å². The van der Waals surface area contributed by atoms with Crippen molar-refractivity contribution in [1.82, 2.24) is 9.55 Å². The minimum absolute atomic E-state index is 0.979. The Labute approximate surface area is 215 Å². The summed E-state index contributed by atoms with van der Waals surface area (Å²) in [6.45, 7) is 3.22. The first kappa shape index (κ1) is 22.6. The molecule has 0 radical (unpaired) electrons. The van der Waals surface area contributed by atoms with Gasteiger partial charge >= 0.3 is 0 Å². The average molecular weight is 481 g/mol. The van der Waals surface area contributed by atoms with Crippen molar-refractivity contribution < 1.29 is 0 Å². The number of hydrogen-bond donors (Lipinski definition) is 2. The maximum Gasteiger partial charge on any atom is 0.0561 e. The highest BCUT2D eigenvalue weighted by Crippen LogP contribution is 2.28. The number of aromatic nitrogens is 2. The van der Waals surface area contributed by atoms with Crippen molar-refractivity contribution in [2.45, 2.75) is 13.5 Å². The quantitative estimate of drug-likeness (QED) is 0.192. The van der Waals surface area contributed by atoms with Crippen molar-refractivity contribution in [2.24, 2.45) is 5.10 Å². The van der Waals surface area contributed by atoms with Crippen LogP contribution in [0.25, 0.3) is 43.6 Å². The molecule has 0 fully saturated rings. The molecule has 180 valence electrons. The summed E-state index contributed by atoms with van der Waals surface area (Å²) in [7, 11) is 0. The molecule has 2 aromatic heterocycles. The van der Waals surface area contributed by atoms with Crippen LogP contribution in [0.2, 0.25) is 0 Å². The molecule has 0 aliphatic rings. The number of fused-ring (bicyclic) bond motifs is 6. The molecular formula is C33H28N4. The number of H-pyrrole nitrogens is 1. The van der Waals surface area contributed by atoms with Gasteiger partial charge in [0.05, 0.1) is 11.9 Å². The van der Waals surface area contributed by atoms with Gasteiger partial charge in [-0.15, -0.1) is 0 Å². The van der Waals surface area contributed by atoms with Gasteiger partial charge in [-0.05, 0) is 55.0 Å². The van der Waals surface area contributed by atoms with Crippen LogP contribution in [0.5, 0.6) is 0 Å². The summed E-state index contributed by atoms with van der Waals surface area (Å²) in [5.74, 6) is 0. The Morgan fingerprint density at radius 2 is 1.24 bits per heavy atom. The zero-order valence-electron chi connectivity index (χ0n) is 20.7. The number of aromatic amines is 1. The summed E-state index contributed by atoms with van der Waals surface area (Å²) in [4.78, 5) is 3.43. The Kier molecular flexibility index (Phi) is 6.14. The topological polar surface area (TPSA) is 45.1 Å². The number of nitrogens with zero attached hydrogens (tertiary/aromatic N) is 2. The first-order chi connectivity index (χ1) is 18.3. The van der Waals surface area contributed by atoms with Crippen molar-refractivity contribution in [3.63, 3.8) is 0 Å². The number of anilines is 1. The molecule has 37 heavy (non-hydrogen) atoms. The highest BCUT2D eigenvalue weighted by atomic mass is 15.3. The molecule has 2 N–H and O–H groups in total. The largest absolute Gasteiger partial charge is 0.355 e. The predicted octanol–water partition coefficient (Wildman–Crippen LogP) is 8.58. The van der Waals surface area contributed by atoms with Crippen LogP contribution >= 0.6 is 0 Å². The van der Waals surface area contributed by atoms with Gasteiger partial charge in [-0.25, -0.2) is 0 Å². The first-order valence-corrected chi connectivity index (χ1v) is 12.6. The Balaban J connectivity index is 0.000000146. The van der Waals surface area contributed by atoms with E-state index >= 15 is 0 Å². The summed E-state index contributed by atoms with van der Waals surface area (Å²) in [5, 5.41) is 9.47. The van der Waals surface area contributed by atoms with Gasteiger partial charge in [-0.3, -0.25) is 5.43 Å². The van der Waals surface area contributed by atoms with E-state index in [4.69, 9.17) is 0 Å². The number of hydrogen-bond acceptors (Lipinski definition) is 2. The number of hydrazone groups is 1. The van der Waals surface area contributed by atoms with Crippen molar-refractivity contribution in [1.29, 1.82) is 0 Å². The van der Waals surface area contributed by atoms with Crippen LogP contribution in [0.3, 0.4) is 0 Å². The molecular weight excluding hydrogens is 452 g/mol. The predicted molar refractivity (Wildman–Crippen MR) is 159 cm³/mol. The smallest absolute Gasteiger partial charge is 0.0561 e. The fourth-order valence-electron chi connectivity index (χ4n) is 4.98. The molecule has 0 aliphatic heterocycles. The van der Waals surface area contributed by atoms with Crippen LogP contribution in [0.1, 0.15) is 12.5 Å². The minimum Gasteiger partial charge on any atom is -0.355 e. The van der Waals surface area contributed by atoms with E-state index in [-0.39, 0.29) is 0 Å². The molecule has 5 aromatic carbocycles. The van der Waals surface area contributed by atoms with Crippen LogP contribution in [0.4, 0.5) is 5.69 Å². The summed E-state index contributed by atoms with van der Waals surface area (Å²) < 4.78 is 2.37. The minimum atomic E-state index is 0.979. The van der Waals surface area contributed by atoms with E-state index in [0.717, 1.165) is 28.8 Å². The lowest BCUT2D eigenvalue weighted by Crippen LogP contribution is -1.91. The number of aryl methyl sites for hydroxylation is 1. The SMILES string of the molecule is C(=NNc1ccccc1)c1ccc2[nH]c3ccccc3c2c1.CCn1c2ccccc2c2ccccc21. The van der Waals surface area contributed by atoms with E-state index < -0.39 is 0 Å². The van der Waals surface area contributed by atoms with E-state index in [1.165, 1.54) is 32.6 Å². The molecule has 7 aromatic rings. The summed E-state index contributed by atoms with van der Waals surface area (Å²) >= 11 is 0. The normalized spacial score (nSPS) is 11.4. The third-order valence-electron chi connectivity index (χ3n) is 6.71. The molecule has 0 spiro atoms. The Bertz CT molecular complexity index is 1790. The molecule has 0 unspecified atom stereocenters. The summed E-state index contributed by atoms with van der Waals surface area (Å²) in [6.07, 6.45) is 1.84. The van der Waals surface area contributed by atoms with Crippen LogP contribution in [0.15, 0.2) is 126 Å². The molecule has 2 heterocycles. The highest BCUT2D eigenvalue weighted by molar-refractivity contribution is 6.09. The summed E-state index contributed by atoms with van der Waals surface area (Å²) in [5.41, 5.74) is 10.1. The third-order valence-corrected chi connectivity index (χ3v) is 6.71. The van der Waals surface area contributed by atoms with Crippen LogP contribution < -0.4 is 5.43 Å². The molecule has 4 heteroatoms. The van der Waals surface area contributed by atoms with E-state index in [0.29, 0.717) is 0 Å². The maximum atomic E-state index is 4.30. The lowest BCUT2D eigenvalue weighted by atomic mass is 10.1.